The van der Waals surface area contributed by atoms with Crippen molar-refractivity contribution in [3.05, 3.63) is 101 Å². The monoisotopic (exact) mass is 423 g/mol. The van der Waals surface area contributed by atoms with Crippen LogP contribution < -0.4 is 10.1 Å². The fourth-order valence-electron chi connectivity index (χ4n) is 2.64. The molecule has 3 rings (SSSR count). The lowest BCUT2D eigenvalue weighted by Crippen LogP contribution is -2.23. The van der Waals surface area contributed by atoms with E-state index in [1.807, 2.05) is 18.2 Å². The average Bonchev–Trinajstić information content (AvgIpc) is 3.35. The molecule has 156 valence electrons. The van der Waals surface area contributed by atoms with Crippen molar-refractivity contribution in [3.63, 3.8) is 0 Å². The molecule has 0 saturated heterocycles. The summed E-state index contributed by atoms with van der Waals surface area (Å²) in [6.45, 7) is 0.164. The lowest BCUT2D eigenvalue weighted by Gasteiger charge is -2.05. The number of esters is 1. The third kappa shape index (κ3) is 6.06. The Kier molecular flexibility index (Phi) is 7.34. The van der Waals surface area contributed by atoms with Crippen LogP contribution in [0.3, 0.4) is 0 Å². The summed E-state index contributed by atoms with van der Waals surface area (Å²) >= 11 is 0. The van der Waals surface area contributed by atoms with Gasteiger partial charge in [0.15, 0.2) is 0 Å². The van der Waals surface area contributed by atoms with E-state index in [1.165, 1.54) is 30.5 Å². The van der Waals surface area contributed by atoms with E-state index in [9.17, 15) is 20.1 Å². The first-order chi connectivity index (χ1) is 15.6. The van der Waals surface area contributed by atoms with E-state index in [1.54, 1.807) is 48.5 Å². The first-order valence-corrected chi connectivity index (χ1v) is 9.50. The molecule has 0 saturated carbocycles. The number of carbonyl (C=O) groups excluding carboxylic acids is 2. The summed E-state index contributed by atoms with van der Waals surface area (Å²) in [5.41, 5.74) is 1.05. The van der Waals surface area contributed by atoms with E-state index in [0.717, 1.165) is 0 Å². The number of ether oxygens (including phenoxy) is 1. The third-order valence-electron chi connectivity index (χ3n) is 4.22. The van der Waals surface area contributed by atoms with Crippen molar-refractivity contribution in [2.45, 2.75) is 6.54 Å². The predicted octanol–water partition coefficient (Wildman–Crippen LogP) is 4.02. The Morgan fingerprint density at radius 3 is 2.16 bits per heavy atom. The van der Waals surface area contributed by atoms with Crippen molar-refractivity contribution in [2.24, 2.45) is 0 Å². The average molecular weight is 423 g/mol. The highest BCUT2D eigenvalue weighted by molar-refractivity contribution is 6.01. The molecule has 0 aliphatic carbocycles. The molecule has 0 unspecified atom stereocenters. The quantitative estimate of drug-likeness (QED) is 0.266. The molecule has 7 heteroatoms. The molecule has 1 heterocycles. The van der Waals surface area contributed by atoms with E-state index in [2.05, 4.69) is 5.32 Å². The lowest BCUT2D eigenvalue weighted by molar-refractivity contribution is -0.129. The van der Waals surface area contributed by atoms with Gasteiger partial charge < -0.3 is 14.5 Å². The summed E-state index contributed by atoms with van der Waals surface area (Å²) in [5.74, 6) is -0.527. The smallest absolute Gasteiger partial charge is 0.354 e. The van der Waals surface area contributed by atoms with Gasteiger partial charge in [-0.25, -0.2) is 4.79 Å². The maximum Gasteiger partial charge on any atom is 0.354 e. The zero-order chi connectivity index (χ0) is 22.8. The fourth-order valence-corrected chi connectivity index (χ4v) is 2.64. The van der Waals surface area contributed by atoms with E-state index in [-0.39, 0.29) is 23.4 Å². The minimum absolute atomic E-state index is 0.0844. The first-order valence-electron chi connectivity index (χ1n) is 9.50. The number of benzene rings is 2. The van der Waals surface area contributed by atoms with Gasteiger partial charge in [0.1, 0.15) is 34.8 Å². The van der Waals surface area contributed by atoms with Crippen LogP contribution in [0.5, 0.6) is 5.75 Å². The molecule has 1 aromatic heterocycles. The predicted molar refractivity (Wildman–Crippen MR) is 116 cm³/mol. The van der Waals surface area contributed by atoms with Gasteiger partial charge in [-0.15, -0.1) is 0 Å². The number of hydrogen-bond donors (Lipinski definition) is 1. The largest absolute Gasteiger partial charge is 0.467 e. The Balaban J connectivity index is 1.65. The minimum atomic E-state index is -0.783. The van der Waals surface area contributed by atoms with Crippen LogP contribution in [0.2, 0.25) is 0 Å². The van der Waals surface area contributed by atoms with Crippen LogP contribution >= 0.6 is 0 Å². The van der Waals surface area contributed by atoms with Crippen molar-refractivity contribution in [2.75, 3.05) is 0 Å². The second-order valence-electron chi connectivity index (χ2n) is 6.47. The molecule has 0 aliphatic rings. The Hall–Kier alpha value is -4.88. The number of nitriles is 2. The lowest BCUT2D eigenvalue weighted by atomic mass is 10.1. The Labute approximate surface area is 184 Å². The van der Waals surface area contributed by atoms with Gasteiger partial charge in [-0.2, -0.15) is 10.5 Å². The van der Waals surface area contributed by atoms with Crippen LogP contribution in [0, 0.1) is 22.7 Å². The molecule has 0 radical (unpaired) electrons. The number of nitrogens with zero attached hydrogens (tertiary/aromatic N) is 2. The highest BCUT2D eigenvalue weighted by Gasteiger charge is 2.13. The summed E-state index contributed by atoms with van der Waals surface area (Å²) < 4.78 is 10.4. The zero-order valence-electron chi connectivity index (χ0n) is 16.8. The van der Waals surface area contributed by atoms with Crippen molar-refractivity contribution >= 4 is 24.0 Å². The van der Waals surface area contributed by atoms with Gasteiger partial charge in [0.25, 0.3) is 5.91 Å². The first kappa shape index (κ1) is 21.8. The van der Waals surface area contributed by atoms with Crippen molar-refractivity contribution < 1.29 is 18.7 Å². The molecule has 0 aliphatic heterocycles. The Morgan fingerprint density at radius 2 is 1.53 bits per heavy atom. The summed E-state index contributed by atoms with van der Waals surface area (Å²) in [6, 6.07) is 22.3. The van der Waals surface area contributed by atoms with Crippen LogP contribution in [-0.4, -0.2) is 11.9 Å². The molecule has 32 heavy (non-hydrogen) atoms. The van der Waals surface area contributed by atoms with Gasteiger partial charge in [0.05, 0.1) is 12.8 Å². The van der Waals surface area contributed by atoms with Crippen LogP contribution in [0.4, 0.5) is 0 Å². The molecule has 7 nitrogen and oxygen atoms in total. The summed E-state index contributed by atoms with van der Waals surface area (Å²) in [6.07, 6.45) is 4.35. The van der Waals surface area contributed by atoms with E-state index >= 15 is 0 Å². The molecule has 0 atom stereocenters. The normalized spacial score (nSPS) is 11.2. The maximum atomic E-state index is 12.3. The summed E-state index contributed by atoms with van der Waals surface area (Å²) in [7, 11) is 0. The maximum absolute atomic E-state index is 12.3. The number of amides is 1. The minimum Gasteiger partial charge on any atom is -0.467 e. The van der Waals surface area contributed by atoms with Gasteiger partial charge in [0.2, 0.25) is 0 Å². The molecule has 0 bridgehead atoms. The van der Waals surface area contributed by atoms with Gasteiger partial charge in [-0.1, -0.05) is 42.5 Å². The molecular weight excluding hydrogens is 406 g/mol. The van der Waals surface area contributed by atoms with Gasteiger partial charge in [-0.3, -0.25) is 4.79 Å². The molecule has 0 fully saturated rings. The fraction of sp³-hybridized carbons (Fsp3) is 0.0400. The number of nitrogens with one attached hydrogen (secondary N) is 1. The van der Waals surface area contributed by atoms with E-state index in [4.69, 9.17) is 9.15 Å². The molecule has 0 spiro atoms. The highest BCUT2D eigenvalue weighted by Crippen LogP contribution is 2.17. The molecule has 2 aromatic carbocycles. The van der Waals surface area contributed by atoms with E-state index < -0.39 is 11.9 Å². The molecular formula is C25H17N3O4. The van der Waals surface area contributed by atoms with Crippen molar-refractivity contribution in [1.29, 1.82) is 10.5 Å². The number of hydrogen-bond acceptors (Lipinski definition) is 6. The van der Waals surface area contributed by atoms with Crippen molar-refractivity contribution in [3.8, 4) is 17.9 Å². The van der Waals surface area contributed by atoms with Gasteiger partial charge in [-0.05, 0) is 47.5 Å². The van der Waals surface area contributed by atoms with Crippen LogP contribution in [0.15, 0.2) is 88.6 Å². The Morgan fingerprint density at radius 1 is 0.875 bits per heavy atom. The van der Waals surface area contributed by atoms with Crippen LogP contribution in [-0.2, 0) is 16.1 Å². The van der Waals surface area contributed by atoms with E-state index in [0.29, 0.717) is 16.9 Å². The number of rotatable bonds is 7. The SMILES string of the molecule is N#C/C(=C\c1ccc(OC(=O)/C(C#N)=C/c2ccccc2)cc1)C(=O)NCc1ccco1. The number of furan rings is 1. The number of carbonyl (C=O) groups is 2. The van der Waals surface area contributed by atoms with Gasteiger partial charge >= 0.3 is 5.97 Å². The second kappa shape index (κ2) is 10.8. The molecule has 1 amide bonds. The Bertz CT molecular complexity index is 1230. The topological polar surface area (TPSA) is 116 Å². The summed E-state index contributed by atoms with van der Waals surface area (Å²) in [4.78, 5) is 24.5. The van der Waals surface area contributed by atoms with Gasteiger partial charge in [0, 0.05) is 0 Å². The second-order valence-corrected chi connectivity index (χ2v) is 6.47. The van der Waals surface area contributed by atoms with Crippen molar-refractivity contribution in [1.82, 2.24) is 5.32 Å². The molecule has 3 aromatic rings. The summed E-state index contributed by atoms with van der Waals surface area (Å²) in [5, 5.41) is 21.2. The van der Waals surface area contributed by atoms with Crippen LogP contribution in [0.25, 0.3) is 12.2 Å². The molecule has 1 N–H and O–H groups in total. The highest BCUT2D eigenvalue weighted by atomic mass is 16.5. The van der Waals surface area contributed by atoms with Crippen LogP contribution in [0.1, 0.15) is 16.9 Å². The third-order valence-corrected chi connectivity index (χ3v) is 4.22. The standard InChI is InChI=1S/C25H17N3O4/c26-15-20(24(29)28-17-23-7-4-12-31-23)13-19-8-10-22(11-9-19)32-25(30)21(16-27)14-18-5-2-1-3-6-18/h1-14H,17H2,(H,28,29)/b20-13+,21-14+. The zero-order valence-corrected chi connectivity index (χ0v) is 16.8.